The minimum Gasteiger partial charge on any atom is -0.468 e. The highest BCUT2D eigenvalue weighted by atomic mass is 16.5. The van der Waals surface area contributed by atoms with E-state index in [1.165, 1.54) is 13.4 Å². The summed E-state index contributed by atoms with van der Waals surface area (Å²) in [6, 6.07) is 1.45. The number of methoxy groups -OCH3 is 1. The number of ether oxygens (including phenoxy) is 2. The minimum absolute atomic E-state index is 0.0534. The molecule has 2 atom stereocenters. The van der Waals surface area contributed by atoms with Crippen LogP contribution in [0.2, 0.25) is 0 Å². The number of hydrogen-bond acceptors (Lipinski definition) is 7. The second-order valence-electron chi connectivity index (χ2n) is 6.29. The lowest BCUT2D eigenvalue weighted by Gasteiger charge is -2.29. The Hall–Kier alpha value is -2.81. The van der Waals surface area contributed by atoms with Crippen molar-refractivity contribution in [3.63, 3.8) is 0 Å². The van der Waals surface area contributed by atoms with Crippen molar-refractivity contribution in [1.29, 1.82) is 0 Å². The molecule has 1 aromatic heterocycles. The maximum absolute atomic E-state index is 12.6. The van der Waals surface area contributed by atoms with Gasteiger partial charge in [-0.2, -0.15) is 0 Å². The Morgan fingerprint density at radius 3 is 2.67 bits per heavy atom. The Labute approximate surface area is 157 Å². The van der Waals surface area contributed by atoms with Crippen LogP contribution in [0.5, 0.6) is 0 Å². The first-order valence-electron chi connectivity index (χ1n) is 8.71. The lowest BCUT2D eigenvalue weighted by molar-refractivity contribution is -0.144. The van der Waals surface area contributed by atoms with Crippen LogP contribution in [-0.2, 0) is 19.1 Å². The molecule has 1 aliphatic rings. The summed E-state index contributed by atoms with van der Waals surface area (Å²) in [5, 5.41) is 8.32. The van der Waals surface area contributed by atoms with Crippen LogP contribution in [0.1, 0.15) is 32.6 Å². The van der Waals surface area contributed by atoms with E-state index in [-0.39, 0.29) is 24.6 Å². The fourth-order valence-electron chi connectivity index (χ4n) is 2.81. The standard InChI is InChI=1S/C18H25N3O6/c1-5-26-16(22)13-11(9-19-14(10(2)3)17(23)25-4)20-18(24)21-15(13)12-7-6-8-27-12/h6-8,10,14-15,19H,5,9H2,1-4H3,(H2,20,21,24)/t14-,15-/m0/s1. The van der Waals surface area contributed by atoms with Crippen molar-refractivity contribution in [2.45, 2.75) is 32.9 Å². The van der Waals surface area contributed by atoms with Crippen LogP contribution in [0.3, 0.4) is 0 Å². The number of carbonyl (C=O) groups excluding carboxylic acids is 3. The van der Waals surface area contributed by atoms with Crippen LogP contribution < -0.4 is 16.0 Å². The molecule has 0 saturated carbocycles. The first-order valence-corrected chi connectivity index (χ1v) is 8.71. The molecule has 0 fully saturated rings. The number of hydrogen-bond donors (Lipinski definition) is 3. The molecule has 148 valence electrons. The van der Waals surface area contributed by atoms with Crippen LogP contribution in [-0.4, -0.2) is 44.3 Å². The van der Waals surface area contributed by atoms with Gasteiger partial charge in [0.15, 0.2) is 0 Å². The van der Waals surface area contributed by atoms with Crippen molar-refractivity contribution in [3.8, 4) is 0 Å². The summed E-state index contributed by atoms with van der Waals surface area (Å²) >= 11 is 0. The van der Waals surface area contributed by atoms with Gasteiger partial charge in [-0.25, -0.2) is 9.59 Å². The number of nitrogens with one attached hydrogen (secondary N) is 3. The minimum atomic E-state index is -0.791. The Kier molecular flexibility index (Phi) is 7.00. The fourth-order valence-corrected chi connectivity index (χ4v) is 2.81. The van der Waals surface area contributed by atoms with Crippen LogP contribution in [0.25, 0.3) is 0 Å². The SMILES string of the molecule is CCOC(=O)C1=C(CN[C@H](C(=O)OC)C(C)C)NC(=O)N[C@H]1c1ccco1. The van der Waals surface area contributed by atoms with Gasteiger partial charge in [0.05, 0.1) is 25.6 Å². The van der Waals surface area contributed by atoms with Gasteiger partial charge in [-0.1, -0.05) is 13.8 Å². The van der Waals surface area contributed by atoms with Crippen LogP contribution >= 0.6 is 0 Å². The highest BCUT2D eigenvalue weighted by molar-refractivity contribution is 5.95. The van der Waals surface area contributed by atoms with Crippen LogP contribution in [0.15, 0.2) is 34.1 Å². The van der Waals surface area contributed by atoms with E-state index in [2.05, 4.69) is 16.0 Å². The molecule has 0 radical (unpaired) electrons. The zero-order valence-electron chi connectivity index (χ0n) is 15.8. The number of urea groups is 1. The van der Waals surface area contributed by atoms with Crippen molar-refractivity contribution in [3.05, 3.63) is 35.4 Å². The van der Waals surface area contributed by atoms with Crippen LogP contribution in [0.4, 0.5) is 4.79 Å². The molecule has 1 aliphatic heterocycles. The molecule has 9 nitrogen and oxygen atoms in total. The summed E-state index contributed by atoms with van der Waals surface area (Å²) in [6.45, 7) is 5.66. The number of rotatable bonds is 8. The molecule has 2 heterocycles. The summed E-state index contributed by atoms with van der Waals surface area (Å²) in [5.41, 5.74) is 0.527. The second kappa shape index (κ2) is 9.22. The summed E-state index contributed by atoms with van der Waals surface area (Å²) in [6.07, 6.45) is 1.45. The molecule has 1 aromatic rings. The summed E-state index contributed by atoms with van der Waals surface area (Å²) < 4.78 is 15.3. The van der Waals surface area contributed by atoms with E-state index >= 15 is 0 Å². The molecule has 27 heavy (non-hydrogen) atoms. The molecule has 9 heteroatoms. The van der Waals surface area contributed by atoms with Crippen molar-refractivity contribution in [2.75, 3.05) is 20.3 Å². The van der Waals surface area contributed by atoms with E-state index in [1.807, 2.05) is 13.8 Å². The normalized spacial score (nSPS) is 18.0. The maximum Gasteiger partial charge on any atom is 0.338 e. The van der Waals surface area contributed by atoms with Gasteiger partial charge in [-0.05, 0) is 25.0 Å². The molecule has 3 N–H and O–H groups in total. The Balaban J connectivity index is 2.36. The Morgan fingerprint density at radius 2 is 2.11 bits per heavy atom. The average Bonchev–Trinajstić information content (AvgIpc) is 3.15. The smallest absolute Gasteiger partial charge is 0.338 e. The van der Waals surface area contributed by atoms with Gasteiger partial charge in [0, 0.05) is 12.2 Å². The lowest BCUT2D eigenvalue weighted by atomic mass is 9.99. The number of esters is 2. The van der Waals surface area contributed by atoms with Gasteiger partial charge in [0.2, 0.25) is 0 Å². The molecule has 2 amide bonds. The number of carbonyl (C=O) groups is 3. The second-order valence-corrected chi connectivity index (χ2v) is 6.29. The first-order chi connectivity index (χ1) is 12.9. The predicted octanol–water partition coefficient (Wildman–Crippen LogP) is 1.24. The number of furan rings is 1. The van der Waals surface area contributed by atoms with Crippen molar-refractivity contribution in [2.24, 2.45) is 5.92 Å². The largest absolute Gasteiger partial charge is 0.468 e. The molecule has 0 unspecified atom stereocenters. The van der Waals surface area contributed by atoms with Crippen LogP contribution in [0, 0.1) is 5.92 Å². The zero-order valence-corrected chi connectivity index (χ0v) is 15.8. The summed E-state index contributed by atoms with van der Waals surface area (Å²) in [4.78, 5) is 36.6. The van der Waals surface area contributed by atoms with Gasteiger partial charge in [-0.15, -0.1) is 0 Å². The average molecular weight is 379 g/mol. The molecular weight excluding hydrogens is 354 g/mol. The Morgan fingerprint density at radius 1 is 1.37 bits per heavy atom. The third-order valence-electron chi connectivity index (χ3n) is 4.10. The van der Waals surface area contributed by atoms with E-state index in [4.69, 9.17) is 13.9 Å². The summed E-state index contributed by atoms with van der Waals surface area (Å²) in [5.74, 6) is -0.658. The van der Waals surface area contributed by atoms with Crippen molar-refractivity contribution >= 4 is 18.0 Å². The van der Waals surface area contributed by atoms with Gasteiger partial charge in [0.1, 0.15) is 17.8 Å². The highest BCUT2D eigenvalue weighted by Gasteiger charge is 2.35. The quantitative estimate of drug-likeness (QED) is 0.581. The van der Waals surface area contributed by atoms with E-state index < -0.39 is 30.1 Å². The maximum atomic E-state index is 12.6. The zero-order chi connectivity index (χ0) is 20.0. The Bertz CT molecular complexity index is 711. The summed E-state index contributed by atoms with van der Waals surface area (Å²) in [7, 11) is 1.31. The molecule has 0 aliphatic carbocycles. The first kappa shape index (κ1) is 20.5. The molecule has 0 saturated heterocycles. The monoisotopic (exact) mass is 379 g/mol. The van der Waals surface area contributed by atoms with Gasteiger partial charge in [-0.3, -0.25) is 10.1 Å². The van der Waals surface area contributed by atoms with Gasteiger partial charge in [0.25, 0.3) is 0 Å². The third-order valence-corrected chi connectivity index (χ3v) is 4.10. The topological polar surface area (TPSA) is 119 Å². The van der Waals surface area contributed by atoms with Gasteiger partial charge < -0.3 is 24.5 Å². The predicted molar refractivity (Wildman–Crippen MR) is 95.4 cm³/mol. The van der Waals surface area contributed by atoms with E-state index in [0.717, 1.165) is 0 Å². The molecule has 2 rings (SSSR count). The molecule has 0 spiro atoms. The molecular formula is C18H25N3O6. The van der Waals surface area contributed by atoms with Gasteiger partial charge >= 0.3 is 18.0 Å². The lowest BCUT2D eigenvalue weighted by Crippen LogP contribution is -2.50. The molecule has 0 bridgehead atoms. The fraction of sp³-hybridized carbons (Fsp3) is 0.500. The van der Waals surface area contributed by atoms with E-state index in [1.54, 1.807) is 19.1 Å². The van der Waals surface area contributed by atoms with E-state index in [9.17, 15) is 14.4 Å². The van der Waals surface area contributed by atoms with Crippen molar-refractivity contribution in [1.82, 2.24) is 16.0 Å². The third kappa shape index (κ3) is 4.88. The van der Waals surface area contributed by atoms with E-state index in [0.29, 0.717) is 11.5 Å². The number of amides is 2. The highest BCUT2D eigenvalue weighted by Crippen LogP contribution is 2.28. The van der Waals surface area contributed by atoms with Crippen molar-refractivity contribution < 1.29 is 28.3 Å². The molecule has 0 aromatic carbocycles.